The van der Waals surface area contributed by atoms with Crippen molar-refractivity contribution in [2.24, 2.45) is 11.7 Å². The summed E-state index contributed by atoms with van der Waals surface area (Å²) in [4.78, 5) is 25.3. The monoisotopic (exact) mass is 343 g/mol. The fourth-order valence-corrected chi connectivity index (χ4v) is 2.73. The Balaban J connectivity index is 1.91. The number of benzene rings is 1. The number of anilines is 1. The highest BCUT2D eigenvalue weighted by Gasteiger charge is 2.31. The zero-order valence-electron chi connectivity index (χ0n) is 13.3. The molecule has 1 fully saturated rings. The highest BCUT2D eigenvalue weighted by Crippen LogP contribution is 2.29. The fourth-order valence-electron chi connectivity index (χ4n) is 2.73. The number of carbonyl (C=O) groups excluding carboxylic acids is 2. The Labute approximate surface area is 138 Å². The number of halogens is 3. The minimum Gasteiger partial charge on any atom is -0.369 e. The number of likely N-dealkylation sites (tertiary alicyclic amines) is 1. The number of carbonyl (C=O) groups is 2. The molecule has 3 N–H and O–H groups in total. The third-order valence-corrected chi connectivity index (χ3v) is 4.34. The van der Waals surface area contributed by atoms with E-state index in [-0.39, 0.29) is 17.7 Å². The van der Waals surface area contributed by atoms with Crippen molar-refractivity contribution < 1.29 is 22.8 Å². The summed E-state index contributed by atoms with van der Waals surface area (Å²) in [5, 5.41) is 2.61. The predicted molar refractivity (Wildman–Crippen MR) is 83.0 cm³/mol. The summed E-state index contributed by atoms with van der Waals surface area (Å²) in [6.07, 6.45) is -3.19. The van der Waals surface area contributed by atoms with Crippen LogP contribution in [0, 0.1) is 5.92 Å². The summed E-state index contributed by atoms with van der Waals surface area (Å²) in [5.41, 5.74) is 4.83. The average Bonchev–Trinajstić information content (AvgIpc) is 2.54. The van der Waals surface area contributed by atoms with Crippen molar-refractivity contribution in [3.8, 4) is 0 Å². The molecule has 0 bridgehead atoms. The van der Waals surface area contributed by atoms with Gasteiger partial charge in [0.2, 0.25) is 11.8 Å². The molecular weight excluding hydrogens is 323 g/mol. The van der Waals surface area contributed by atoms with Crippen LogP contribution < -0.4 is 11.1 Å². The number of nitrogens with zero attached hydrogens (tertiary/aromatic N) is 1. The number of nitrogens with two attached hydrogens (primary N) is 1. The Kier molecular flexibility index (Phi) is 5.48. The molecule has 0 aromatic heterocycles. The van der Waals surface area contributed by atoms with Gasteiger partial charge >= 0.3 is 6.18 Å². The molecule has 1 heterocycles. The summed E-state index contributed by atoms with van der Waals surface area (Å²) in [7, 11) is 0. The predicted octanol–water partition coefficient (Wildman–Crippen LogP) is 2.23. The topological polar surface area (TPSA) is 75.4 Å². The molecule has 132 valence electrons. The number of amides is 2. The summed E-state index contributed by atoms with van der Waals surface area (Å²) in [6, 6.07) is 3.87. The van der Waals surface area contributed by atoms with E-state index in [1.165, 1.54) is 12.1 Å². The van der Waals surface area contributed by atoms with E-state index in [0.717, 1.165) is 12.1 Å². The maximum atomic E-state index is 12.5. The van der Waals surface area contributed by atoms with Crippen LogP contribution in [0.15, 0.2) is 24.3 Å². The SMILES string of the molecule is C[C@H](C(=O)Nc1ccc(C(F)(F)F)cc1)N1CCC(C(N)=O)CC1. The molecule has 2 rings (SSSR count). The summed E-state index contributed by atoms with van der Waals surface area (Å²) in [6.45, 7) is 2.88. The van der Waals surface area contributed by atoms with Crippen LogP contribution in [0.5, 0.6) is 0 Å². The molecule has 1 saturated heterocycles. The Morgan fingerprint density at radius 1 is 1.21 bits per heavy atom. The van der Waals surface area contributed by atoms with Gasteiger partial charge in [-0.05, 0) is 57.1 Å². The smallest absolute Gasteiger partial charge is 0.369 e. The van der Waals surface area contributed by atoms with Gasteiger partial charge in [0.05, 0.1) is 11.6 Å². The van der Waals surface area contributed by atoms with E-state index < -0.39 is 17.8 Å². The van der Waals surface area contributed by atoms with E-state index in [1.54, 1.807) is 6.92 Å². The summed E-state index contributed by atoms with van der Waals surface area (Å²) < 4.78 is 37.5. The molecule has 0 spiro atoms. The van der Waals surface area contributed by atoms with Crippen molar-refractivity contribution in [1.82, 2.24) is 4.90 Å². The van der Waals surface area contributed by atoms with Crippen molar-refractivity contribution in [1.29, 1.82) is 0 Å². The van der Waals surface area contributed by atoms with Crippen LogP contribution in [-0.4, -0.2) is 35.8 Å². The van der Waals surface area contributed by atoms with Crippen molar-refractivity contribution in [3.63, 3.8) is 0 Å². The lowest BCUT2D eigenvalue weighted by Gasteiger charge is -2.34. The number of rotatable bonds is 4. The average molecular weight is 343 g/mol. The number of piperidine rings is 1. The molecule has 1 atom stereocenters. The molecule has 0 saturated carbocycles. The maximum absolute atomic E-state index is 12.5. The number of primary amides is 1. The number of alkyl halides is 3. The molecule has 1 aromatic carbocycles. The first-order chi connectivity index (χ1) is 11.2. The van der Waals surface area contributed by atoms with Crippen molar-refractivity contribution in [2.75, 3.05) is 18.4 Å². The zero-order chi connectivity index (χ0) is 17.9. The number of nitrogens with one attached hydrogen (secondary N) is 1. The molecule has 0 radical (unpaired) electrons. The van der Waals surface area contributed by atoms with E-state index in [9.17, 15) is 22.8 Å². The van der Waals surface area contributed by atoms with Gasteiger partial charge in [0.15, 0.2) is 0 Å². The second kappa shape index (κ2) is 7.21. The van der Waals surface area contributed by atoms with Gasteiger partial charge in [-0.3, -0.25) is 14.5 Å². The van der Waals surface area contributed by atoms with Crippen molar-refractivity contribution >= 4 is 17.5 Å². The number of hydrogen-bond acceptors (Lipinski definition) is 3. The first-order valence-electron chi connectivity index (χ1n) is 7.70. The number of hydrogen-bond donors (Lipinski definition) is 2. The molecule has 1 aromatic rings. The zero-order valence-corrected chi connectivity index (χ0v) is 13.3. The van der Waals surface area contributed by atoms with E-state index in [0.29, 0.717) is 31.6 Å². The van der Waals surface area contributed by atoms with Gasteiger partial charge in [0.1, 0.15) is 0 Å². The van der Waals surface area contributed by atoms with Gasteiger partial charge in [-0.1, -0.05) is 0 Å². The van der Waals surface area contributed by atoms with E-state index >= 15 is 0 Å². The van der Waals surface area contributed by atoms with Crippen LogP contribution in [0.3, 0.4) is 0 Å². The third kappa shape index (κ3) is 4.47. The first kappa shape index (κ1) is 18.3. The van der Waals surface area contributed by atoms with Gasteiger partial charge in [-0.15, -0.1) is 0 Å². The van der Waals surface area contributed by atoms with Crippen LogP contribution in [0.25, 0.3) is 0 Å². The minimum absolute atomic E-state index is 0.161. The van der Waals surface area contributed by atoms with Gasteiger partial charge in [0.25, 0.3) is 0 Å². The summed E-state index contributed by atoms with van der Waals surface area (Å²) >= 11 is 0. The second-order valence-electron chi connectivity index (χ2n) is 5.95. The Morgan fingerprint density at radius 3 is 2.21 bits per heavy atom. The molecule has 1 aliphatic rings. The third-order valence-electron chi connectivity index (χ3n) is 4.34. The van der Waals surface area contributed by atoms with Crippen LogP contribution in [0.4, 0.5) is 18.9 Å². The lowest BCUT2D eigenvalue weighted by Crippen LogP contribution is -2.47. The van der Waals surface area contributed by atoms with Crippen molar-refractivity contribution in [2.45, 2.75) is 32.0 Å². The Hall–Kier alpha value is -2.09. The fraction of sp³-hybridized carbons (Fsp3) is 0.500. The van der Waals surface area contributed by atoms with Crippen LogP contribution in [0.2, 0.25) is 0 Å². The second-order valence-corrected chi connectivity index (χ2v) is 5.95. The largest absolute Gasteiger partial charge is 0.416 e. The molecule has 24 heavy (non-hydrogen) atoms. The minimum atomic E-state index is -4.40. The Bertz CT molecular complexity index is 594. The van der Waals surface area contributed by atoms with E-state index in [1.807, 2.05) is 4.90 Å². The molecule has 1 aliphatic heterocycles. The van der Waals surface area contributed by atoms with Crippen LogP contribution in [0.1, 0.15) is 25.3 Å². The standard InChI is InChI=1S/C16H20F3N3O2/c1-10(22-8-6-11(7-9-22)14(20)23)15(24)21-13-4-2-12(3-5-13)16(17,18)19/h2-5,10-11H,6-9H2,1H3,(H2,20,23)(H,21,24)/t10-/m1/s1. The van der Waals surface area contributed by atoms with Crippen molar-refractivity contribution in [3.05, 3.63) is 29.8 Å². The van der Waals surface area contributed by atoms with E-state index in [4.69, 9.17) is 5.73 Å². The molecule has 5 nitrogen and oxygen atoms in total. The summed E-state index contributed by atoms with van der Waals surface area (Å²) in [5.74, 6) is -0.782. The molecule has 2 amide bonds. The highest BCUT2D eigenvalue weighted by atomic mass is 19.4. The quantitative estimate of drug-likeness (QED) is 0.880. The normalized spacial score (nSPS) is 18.2. The highest BCUT2D eigenvalue weighted by molar-refractivity contribution is 5.94. The first-order valence-corrected chi connectivity index (χ1v) is 7.70. The lowest BCUT2D eigenvalue weighted by molar-refractivity contribution is -0.137. The molecule has 8 heteroatoms. The molecule has 0 unspecified atom stereocenters. The van der Waals surface area contributed by atoms with Crippen LogP contribution >= 0.6 is 0 Å². The molecule has 0 aliphatic carbocycles. The van der Waals surface area contributed by atoms with Gasteiger partial charge in [-0.25, -0.2) is 0 Å². The van der Waals surface area contributed by atoms with Crippen LogP contribution in [-0.2, 0) is 15.8 Å². The van der Waals surface area contributed by atoms with Gasteiger partial charge < -0.3 is 11.1 Å². The van der Waals surface area contributed by atoms with E-state index in [2.05, 4.69) is 5.32 Å². The van der Waals surface area contributed by atoms with Gasteiger partial charge in [0, 0.05) is 11.6 Å². The lowest BCUT2D eigenvalue weighted by atomic mass is 9.95. The van der Waals surface area contributed by atoms with Gasteiger partial charge in [-0.2, -0.15) is 13.2 Å². The molecular formula is C16H20F3N3O2. The maximum Gasteiger partial charge on any atom is 0.416 e. The Morgan fingerprint density at radius 2 is 1.75 bits per heavy atom.